The molecule has 1 atom stereocenters. The van der Waals surface area contributed by atoms with E-state index in [0.29, 0.717) is 29.3 Å². The molecule has 1 fully saturated rings. The van der Waals surface area contributed by atoms with E-state index in [0.717, 1.165) is 61.9 Å². The Balaban J connectivity index is 1.48. The average Bonchev–Trinajstić information content (AvgIpc) is 3.28. The summed E-state index contributed by atoms with van der Waals surface area (Å²) in [7, 11) is 0. The monoisotopic (exact) mass is 573 g/mol. The van der Waals surface area contributed by atoms with Gasteiger partial charge in [-0.15, -0.1) is 0 Å². The Hall–Kier alpha value is -3.87. The number of nitrogens with zero attached hydrogens (tertiary/aromatic N) is 2. The summed E-state index contributed by atoms with van der Waals surface area (Å²) in [6, 6.07) is 23.4. The summed E-state index contributed by atoms with van der Waals surface area (Å²) in [5.41, 5.74) is 3.78. The summed E-state index contributed by atoms with van der Waals surface area (Å²) in [6.07, 6.45) is 0.763. The SMILES string of the molecule is C=C1C(c2ccc(C(F)(F)F)cc2)=NC2(CCC(c3ccccc3)CC2)N1C(CC)c1ccc(C(=O)NCCC)cc1. The first kappa shape index (κ1) is 29.6. The summed E-state index contributed by atoms with van der Waals surface area (Å²) >= 11 is 0. The molecule has 3 aromatic rings. The molecule has 1 saturated carbocycles. The second-order valence-corrected chi connectivity index (χ2v) is 11.3. The fraction of sp³-hybridized carbons (Fsp3) is 0.371. The van der Waals surface area contributed by atoms with Crippen molar-refractivity contribution in [1.29, 1.82) is 0 Å². The minimum atomic E-state index is -4.40. The lowest BCUT2D eigenvalue weighted by Crippen LogP contribution is -2.47. The molecule has 42 heavy (non-hydrogen) atoms. The van der Waals surface area contributed by atoms with Gasteiger partial charge < -0.3 is 10.2 Å². The van der Waals surface area contributed by atoms with Crippen LogP contribution in [0.15, 0.2) is 96.1 Å². The average molecular weight is 574 g/mol. The first-order valence-electron chi connectivity index (χ1n) is 14.9. The predicted molar refractivity (Wildman–Crippen MR) is 161 cm³/mol. The number of halogens is 3. The van der Waals surface area contributed by atoms with Gasteiger partial charge in [0.05, 0.1) is 23.0 Å². The van der Waals surface area contributed by atoms with Crippen molar-refractivity contribution in [3.63, 3.8) is 0 Å². The highest BCUT2D eigenvalue weighted by atomic mass is 19.4. The van der Waals surface area contributed by atoms with Crippen LogP contribution in [0.5, 0.6) is 0 Å². The van der Waals surface area contributed by atoms with Crippen LogP contribution >= 0.6 is 0 Å². The third kappa shape index (κ3) is 5.87. The van der Waals surface area contributed by atoms with Crippen LogP contribution in [0.25, 0.3) is 0 Å². The maximum Gasteiger partial charge on any atom is 0.416 e. The zero-order valence-corrected chi connectivity index (χ0v) is 24.3. The number of benzene rings is 3. The van der Waals surface area contributed by atoms with Gasteiger partial charge in [0, 0.05) is 17.7 Å². The normalized spacial score (nSPS) is 21.4. The van der Waals surface area contributed by atoms with Crippen LogP contribution in [0.1, 0.15) is 96.9 Å². The Kier molecular flexibility index (Phi) is 8.58. The van der Waals surface area contributed by atoms with E-state index < -0.39 is 17.4 Å². The zero-order valence-electron chi connectivity index (χ0n) is 24.3. The molecule has 0 radical (unpaired) electrons. The van der Waals surface area contributed by atoms with Crippen LogP contribution in [0.3, 0.4) is 0 Å². The van der Waals surface area contributed by atoms with E-state index in [-0.39, 0.29) is 11.9 Å². The minimum absolute atomic E-state index is 0.0609. The molecular weight excluding hydrogens is 535 g/mol. The van der Waals surface area contributed by atoms with Crippen molar-refractivity contribution in [2.75, 3.05) is 6.54 Å². The van der Waals surface area contributed by atoms with E-state index in [1.807, 2.05) is 37.3 Å². The minimum Gasteiger partial charge on any atom is -0.352 e. The van der Waals surface area contributed by atoms with Gasteiger partial charge in [-0.1, -0.05) is 75.0 Å². The summed E-state index contributed by atoms with van der Waals surface area (Å²) in [4.78, 5) is 20.1. The van der Waals surface area contributed by atoms with Gasteiger partial charge in [-0.3, -0.25) is 9.79 Å². The zero-order chi connectivity index (χ0) is 29.9. The number of allylic oxidation sites excluding steroid dienone is 1. The molecule has 1 heterocycles. The van der Waals surface area contributed by atoms with Crippen molar-refractivity contribution < 1.29 is 18.0 Å². The maximum atomic E-state index is 13.3. The van der Waals surface area contributed by atoms with Crippen molar-refractivity contribution in [2.45, 2.75) is 76.2 Å². The van der Waals surface area contributed by atoms with Gasteiger partial charge in [0.15, 0.2) is 0 Å². The van der Waals surface area contributed by atoms with Crippen molar-refractivity contribution in [3.05, 3.63) is 119 Å². The number of carbonyl (C=O) groups excluding carboxylic acids is 1. The number of amides is 1. The number of rotatable bonds is 8. The number of nitrogens with one attached hydrogen (secondary N) is 1. The number of hydrogen-bond donors (Lipinski definition) is 1. The standard InChI is InChI=1S/C35H38F3N3O/c1-4-23-39-33(42)29-13-11-27(12-14-29)31(5-2)41-24(3)32(28-15-17-30(18-16-28)35(36,37)38)40-34(41)21-19-26(20-22-34)25-9-7-6-8-10-25/h6-18,26,31H,3-5,19-23H2,1-2H3,(H,39,42). The first-order chi connectivity index (χ1) is 20.2. The Morgan fingerprint density at radius 1 is 1.00 bits per heavy atom. The fourth-order valence-electron chi connectivity index (χ4n) is 6.47. The molecule has 0 aromatic heterocycles. The second kappa shape index (κ2) is 12.2. The van der Waals surface area contributed by atoms with Gasteiger partial charge in [0.25, 0.3) is 5.91 Å². The number of carbonyl (C=O) groups is 1. The molecule has 4 nitrogen and oxygen atoms in total. The topological polar surface area (TPSA) is 44.7 Å². The molecule has 1 aliphatic carbocycles. The van der Waals surface area contributed by atoms with Crippen molar-refractivity contribution in [2.24, 2.45) is 4.99 Å². The lowest BCUT2D eigenvalue weighted by atomic mass is 9.77. The van der Waals surface area contributed by atoms with Gasteiger partial charge in [-0.25, -0.2) is 0 Å². The third-order valence-electron chi connectivity index (χ3n) is 8.67. The van der Waals surface area contributed by atoms with E-state index in [1.54, 1.807) is 0 Å². The van der Waals surface area contributed by atoms with E-state index in [4.69, 9.17) is 4.99 Å². The summed E-state index contributed by atoms with van der Waals surface area (Å²) in [5.74, 6) is 0.337. The van der Waals surface area contributed by atoms with Crippen molar-refractivity contribution >= 4 is 11.6 Å². The highest BCUT2D eigenvalue weighted by Crippen LogP contribution is 2.51. The highest BCUT2D eigenvalue weighted by molar-refractivity contribution is 6.13. The van der Waals surface area contributed by atoms with E-state index in [9.17, 15) is 18.0 Å². The Labute approximate surface area is 246 Å². The largest absolute Gasteiger partial charge is 0.416 e. The van der Waals surface area contributed by atoms with Crippen molar-refractivity contribution in [3.8, 4) is 0 Å². The predicted octanol–water partition coefficient (Wildman–Crippen LogP) is 8.67. The van der Waals surface area contributed by atoms with E-state index in [1.165, 1.54) is 17.7 Å². The van der Waals surface area contributed by atoms with E-state index >= 15 is 0 Å². The lowest BCUT2D eigenvalue weighted by Gasteiger charge is -2.47. The maximum absolute atomic E-state index is 13.3. The van der Waals surface area contributed by atoms with Crippen LogP contribution in [0, 0.1) is 0 Å². The lowest BCUT2D eigenvalue weighted by molar-refractivity contribution is -0.137. The molecule has 5 rings (SSSR count). The molecule has 1 unspecified atom stereocenters. The van der Waals surface area contributed by atoms with Crippen LogP contribution in [-0.4, -0.2) is 28.7 Å². The highest BCUT2D eigenvalue weighted by Gasteiger charge is 2.49. The quantitative estimate of drug-likeness (QED) is 0.293. The Morgan fingerprint density at radius 2 is 1.64 bits per heavy atom. The molecule has 1 aliphatic heterocycles. The van der Waals surface area contributed by atoms with Gasteiger partial charge in [0.1, 0.15) is 5.66 Å². The molecule has 1 amide bonds. The second-order valence-electron chi connectivity index (χ2n) is 11.3. The molecule has 1 spiro atoms. The molecule has 0 saturated heterocycles. The van der Waals surface area contributed by atoms with Crippen LogP contribution in [0.4, 0.5) is 13.2 Å². The molecule has 220 valence electrons. The third-order valence-corrected chi connectivity index (χ3v) is 8.67. The molecule has 7 heteroatoms. The van der Waals surface area contributed by atoms with Crippen molar-refractivity contribution in [1.82, 2.24) is 10.2 Å². The van der Waals surface area contributed by atoms with E-state index in [2.05, 4.69) is 48.0 Å². The number of aliphatic imine (C=N–C) groups is 1. The Bertz CT molecular complexity index is 1420. The molecule has 3 aromatic carbocycles. The van der Waals surface area contributed by atoms with Crippen LogP contribution in [0.2, 0.25) is 0 Å². The van der Waals surface area contributed by atoms with Gasteiger partial charge in [0.2, 0.25) is 0 Å². The number of hydrogen-bond acceptors (Lipinski definition) is 3. The van der Waals surface area contributed by atoms with Gasteiger partial charge in [-0.2, -0.15) is 13.2 Å². The van der Waals surface area contributed by atoms with Gasteiger partial charge in [-0.05, 0) is 79.8 Å². The Morgan fingerprint density at radius 3 is 2.21 bits per heavy atom. The molecular formula is C35H38F3N3O. The fourth-order valence-corrected chi connectivity index (χ4v) is 6.47. The number of alkyl halides is 3. The summed E-state index contributed by atoms with van der Waals surface area (Å²) in [5, 5.41) is 2.92. The molecule has 1 N–H and O–H groups in total. The van der Waals surface area contributed by atoms with Crippen LogP contribution < -0.4 is 5.32 Å². The van der Waals surface area contributed by atoms with Crippen LogP contribution in [-0.2, 0) is 6.18 Å². The smallest absolute Gasteiger partial charge is 0.352 e. The first-order valence-corrected chi connectivity index (χ1v) is 14.9. The molecule has 2 aliphatic rings. The summed E-state index contributed by atoms with van der Waals surface area (Å²) < 4.78 is 39.9. The summed E-state index contributed by atoms with van der Waals surface area (Å²) in [6.45, 7) is 9.24. The molecule has 0 bridgehead atoms. The van der Waals surface area contributed by atoms with Gasteiger partial charge >= 0.3 is 6.18 Å².